The van der Waals surface area contributed by atoms with E-state index >= 15 is 0 Å². The number of cyclic esters (lactones) is 1. The second kappa shape index (κ2) is 13.4. The van der Waals surface area contributed by atoms with Crippen LogP contribution in [0, 0.1) is 23.7 Å². The van der Waals surface area contributed by atoms with Crippen LogP contribution in [0.2, 0.25) is 0 Å². The predicted molar refractivity (Wildman–Crippen MR) is 144 cm³/mol. The molecule has 0 bridgehead atoms. The van der Waals surface area contributed by atoms with Crippen LogP contribution in [0.25, 0.3) is 0 Å². The molecular weight excluding hydrogens is 510 g/mol. The maximum Gasteiger partial charge on any atom is 0.311 e. The lowest BCUT2D eigenvalue weighted by molar-refractivity contribution is -0.268. The monoisotopic (exact) mass is 559 g/mol. The molecule has 1 unspecified atom stereocenters. The largest absolute Gasteiger partial charge is 0.459 e. The molecule has 0 spiro atoms. The number of nitrogens with zero attached hydrogens (tertiary/aromatic N) is 1. The summed E-state index contributed by atoms with van der Waals surface area (Å²) in [4.78, 5) is 18.2. The van der Waals surface area contributed by atoms with Gasteiger partial charge in [0.25, 0.3) is 0 Å². The molecule has 11 nitrogen and oxygen atoms in total. The molecule has 1 saturated heterocycles. The molecule has 0 radical (unpaired) electrons. The van der Waals surface area contributed by atoms with Crippen LogP contribution in [0.15, 0.2) is 17.3 Å². The summed E-state index contributed by atoms with van der Waals surface area (Å²) < 4.78 is 17.6. The molecule has 226 valence electrons. The van der Waals surface area contributed by atoms with Gasteiger partial charge in [-0.1, -0.05) is 45.0 Å². The Morgan fingerprint density at radius 1 is 1.05 bits per heavy atom. The van der Waals surface area contributed by atoms with Crippen LogP contribution >= 0.6 is 0 Å². The van der Waals surface area contributed by atoms with E-state index < -0.39 is 77.7 Å². The van der Waals surface area contributed by atoms with Crippen molar-refractivity contribution in [2.75, 3.05) is 7.11 Å². The van der Waals surface area contributed by atoms with E-state index in [1.807, 2.05) is 0 Å². The molecule has 0 aromatic rings. The Balaban J connectivity index is 2.61. The first-order valence-electron chi connectivity index (χ1n) is 13.8. The third-order valence-corrected chi connectivity index (χ3v) is 8.24. The Morgan fingerprint density at radius 3 is 2.23 bits per heavy atom. The minimum absolute atomic E-state index is 0.0420. The van der Waals surface area contributed by atoms with Gasteiger partial charge in [-0.2, -0.15) is 0 Å². The van der Waals surface area contributed by atoms with Gasteiger partial charge in [-0.25, -0.2) is 0 Å². The van der Waals surface area contributed by atoms with Gasteiger partial charge in [0, 0.05) is 17.8 Å². The van der Waals surface area contributed by atoms with Crippen molar-refractivity contribution in [2.45, 2.75) is 122 Å². The van der Waals surface area contributed by atoms with Gasteiger partial charge in [0.05, 0.1) is 41.6 Å². The molecule has 5 N–H and O–H groups in total. The zero-order valence-corrected chi connectivity index (χ0v) is 24.6. The molecule has 39 heavy (non-hydrogen) atoms. The lowest BCUT2D eigenvalue weighted by Crippen LogP contribution is -2.58. The van der Waals surface area contributed by atoms with Gasteiger partial charge in [0.2, 0.25) is 0 Å². The van der Waals surface area contributed by atoms with E-state index in [0.717, 1.165) is 0 Å². The number of ether oxygens (including phenoxy) is 3. The SMILES string of the molecule is CC[C@H]1OC(=O)[C@H](C)[C@@H](O)[C@H](C)[C@@H](O[C@@H]2O[C@H](C)C=C[C@H]2O)C(C)(O)C[C@@H](C)/C(=N\OC)[C@H](C)[C@@H](O)[C@]1(C)O. The summed E-state index contributed by atoms with van der Waals surface area (Å²) in [7, 11) is 1.36. The lowest BCUT2D eigenvalue weighted by Gasteiger charge is -2.45. The summed E-state index contributed by atoms with van der Waals surface area (Å²) in [5, 5.41) is 60.4. The Hall–Kier alpha value is -1.60. The van der Waals surface area contributed by atoms with E-state index in [9.17, 15) is 30.3 Å². The number of esters is 1. The number of carbonyl (C=O) groups excluding carboxylic acids is 1. The first-order chi connectivity index (χ1) is 18.0. The van der Waals surface area contributed by atoms with Gasteiger partial charge >= 0.3 is 5.97 Å². The van der Waals surface area contributed by atoms with Gasteiger partial charge < -0.3 is 44.6 Å². The van der Waals surface area contributed by atoms with Crippen molar-refractivity contribution in [3.05, 3.63) is 12.2 Å². The van der Waals surface area contributed by atoms with E-state index in [1.165, 1.54) is 27.9 Å². The molecule has 0 aromatic heterocycles. The summed E-state index contributed by atoms with van der Waals surface area (Å²) in [6, 6.07) is 0. The molecule has 0 saturated carbocycles. The molecule has 2 aliphatic heterocycles. The van der Waals surface area contributed by atoms with Crippen LogP contribution in [0.4, 0.5) is 0 Å². The molecule has 13 atom stereocenters. The number of carbonyl (C=O) groups is 1. The van der Waals surface area contributed by atoms with E-state index in [1.54, 1.807) is 46.8 Å². The van der Waals surface area contributed by atoms with Crippen LogP contribution in [-0.4, -0.2) is 98.4 Å². The maximum absolute atomic E-state index is 13.2. The van der Waals surface area contributed by atoms with Crippen molar-refractivity contribution in [1.82, 2.24) is 0 Å². The first-order valence-corrected chi connectivity index (χ1v) is 13.8. The second-order valence-electron chi connectivity index (χ2n) is 11.7. The number of hydrogen-bond donors (Lipinski definition) is 5. The van der Waals surface area contributed by atoms with Gasteiger partial charge in [-0.05, 0) is 40.5 Å². The molecular formula is C28H49NO10. The highest BCUT2D eigenvalue weighted by molar-refractivity contribution is 5.88. The average Bonchev–Trinajstić information content (AvgIpc) is 2.87. The lowest BCUT2D eigenvalue weighted by atomic mass is 9.73. The number of rotatable bonds is 4. The van der Waals surface area contributed by atoms with Crippen molar-refractivity contribution >= 4 is 11.7 Å². The van der Waals surface area contributed by atoms with E-state index in [0.29, 0.717) is 5.71 Å². The van der Waals surface area contributed by atoms with Crippen LogP contribution in [0.3, 0.4) is 0 Å². The highest BCUT2D eigenvalue weighted by atomic mass is 16.7. The fourth-order valence-corrected chi connectivity index (χ4v) is 5.86. The van der Waals surface area contributed by atoms with Crippen LogP contribution < -0.4 is 0 Å². The quantitative estimate of drug-likeness (QED) is 0.194. The summed E-state index contributed by atoms with van der Waals surface area (Å²) in [5.74, 6) is -3.92. The summed E-state index contributed by atoms with van der Waals surface area (Å²) in [6.07, 6.45) is -4.04. The topological polar surface area (TPSA) is 168 Å². The standard InChI is InChI=1S/C28H49NO10/c1-10-20-28(8,35)23(32)16(4)21(29-36-9)14(2)13-27(7,34)24(17(5)22(31)18(6)25(33)38-20)39-26-19(30)12-11-15(3)37-26/h11-12,14-20,22-24,26,30-32,34-35H,10,13H2,1-9H3/b29-21+/t14-,15-,16+,17+,18-,19-,20-,22+,23-,24-,26+,27?,28-/m1/s1. The van der Waals surface area contributed by atoms with E-state index in [2.05, 4.69) is 5.16 Å². The molecule has 0 amide bonds. The second-order valence-corrected chi connectivity index (χ2v) is 11.7. The molecule has 2 aliphatic rings. The Bertz CT molecular complexity index is 874. The summed E-state index contributed by atoms with van der Waals surface area (Å²) >= 11 is 0. The summed E-state index contributed by atoms with van der Waals surface area (Å²) in [5.41, 5.74) is -3.13. The number of aliphatic hydroxyl groups is 5. The van der Waals surface area contributed by atoms with Crippen molar-refractivity contribution < 1.29 is 49.4 Å². The van der Waals surface area contributed by atoms with Crippen LogP contribution in [-0.2, 0) is 23.8 Å². The van der Waals surface area contributed by atoms with E-state index in [-0.39, 0.29) is 18.9 Å². The molecule has 2 rings (SSSR count). The number of hydrogen-bond acceptors (Lipinski definition) is 11. The van der Waals surface area contributed by atoms with Crippen LogP contribution in [0.5, 0.6) is 0 Å². The molecule has 0 aromatic carbocycles. The third-order valence-electron chi connectivity index (χ3n) is 8.24. The van der Waals surface area contributed by atoms with Crippen molar-refractivity contribution in [1.29, 1.82) is 0 Å². The maximum atomic E-state index is 13.2. The van der Waals surface area contributed by atoms with Gasteiger partial charge in [0.1, 0.15) is 24.9 Å². The molecule has 2 heterocycles. The van der Waals surface area contributed by atoms with Crippen molar-refractivity contribution in [3.8, 4) is 0 Å². The first kappa shape index (κ1) is 33.6. The van der Waals surface area contributed by atoms with E-state index in [4.69, 9.17) is 19.0 Å². The normalized spacial score (nSPS) is 47.9. The van der Waals surface area contributed by atoms with Crippen molar-refractivity contribution in [2.24, 2.45) is 28.8 Å². The Labute approximate surface area is 231 Å². The summed E-state index contributed by atoms with van der Waals surface area (Å²) in [6.45, 7) is 13.0. The molecule has 11 heteroatoms. The molecule has 1 fully saturated rings. The Morgan fingerprint density at radius 2 is 1.67 bits per heavy atom. The average molecular weight is 560 g/mol. The zero-order valence-electron chi connectivity index (χ0n) is 24.6. The van der Waals surface area contributed by atoms with Gasteiger partial charge in [0.15, 0.2) is 6.29 Å². The number of oxime groups is 1. The van der Waals surface area contributed by atoms with Crippen molar-refractivity contribution in [3.63, 3.8) is 0 Å². The smallest absolute Gasteiger partial charge is 0.311 e. The highest BCUT2D eigenvalue weighted by Gasteiger charge is 2.50. The van der Waals surface area contributed by atoms with Crippen LogP contribution in [0.1, 0.15) is 68.2 Å². The van der Waals surface area contributed by atoms with Gasteiger partial charge in [-0.15, -0.1) is 0 Å². The zero-order chi connectivity index (χ0) is 29.9. The number of aliphatic hydroxyl groups excluding tert-OH is 3. The Kier molecular flexibility index (Phi) is 11.5. The highest BCUT2D eigenvalue weighted by Crippen LogP contribution is 2.37. The molecule has 0 aliphatic carbocycles. The third kappa shape index (κ3) is 7.58. The predicted octanol–water partition coefficient (Wildman–Crippen LogP) is 1.53. The minimum atomic E-state index is -1.86. The van der Waals surface area contributed by atoms with Gasteiger partial charge in [-0.3, -0.25) is 4.79 Å². The fourth-order valence-electron chi connectivity index (χ4n) is 5.86. The fraction of sp³-hybridized carbons (Fsp3) is 0.857. The minimum Gasteiger partial charge on any atom is -0.459 e.